The van der Waals surface area contributed by atoms with E-state index in [9.17, 15) is 0 Å². The summed E-state index contributed by atoms with van der Waals surface area (Å²) in [7, 11) is 2.05. The molecule has 16 heavy (non-hydrogen) atoms. The van der Waals surface area contributed by atoms with Gasteiger partial charge in [-0.15, -0.1) is 0 Å². The zero-order chi connectivity index (χ0) is 11.4. The highest BCUT2D eigenvalue weighted by atomic mass is 15.1. The Morgan fingerprint density at radius 2 is 1.88 bits per heavy atom. The predicted molar refractivity (Wildman–Crippen MR) is 67.2 cm³/mol. The molecule has 2 N–H and O–H groups in total. The molecule has 0 bridgehead atoms. The van der Waals surface area contributed by atoms with Crippen molar-refractivity contribution in [3.63, 3.8) is 0 Å². The maximum Gasteiger partial charge on any atom is 0.0598 e. The number of pyridine rings is 1. The van der Waals surface area contributed by atoms with Crippen LogP contribution in [0.2, 0.25) is 0 Å². The molecule has 3 heteroatoms. The molecule has 0 amide bonds. The number of aromatic nitrogens is 1. The molecule has 2 aromatic rings. The third-order valence-electron chi connectivity index (χ3n) is 2.44. The first-order chi connectivity index (χ1) is 7.75. The Balaban J connectivity index is 2.08. The van der Waals surface area contributed by atoms with Gasteiger partial charge in [0, 0.05) is 12.7 Å². The minimum Gasteiger partial charge on any atom is -0.397 e. The van der Waals surface area contributed by atoms with E-state index in [0.717, 1.165) is 12.2 Å². The molecule has 0 saturated carbocycles. The van der Waals surface area contributed by atoms with Crippen molar-refractivity contribution < 1.29 is 0 Å². The molecule has 2 rings (SSSR count). The van der Waals surface area contributed by atoms with E-state index >= 15 is 0 Å². The van der Waals surface area contributed by atoms with E-state index in [-0.39, 0.29) is 0 Å². The summed E-state index contributed by atoms with van der Waals surface area (Å²) >= 11 is 0. The fourth-order valence-corrected chi connectivity index (χ4v) is 1.55. The van der Waals surface area contributed by atoms with E-state index in [1.165, 1.54) is 5.69 Å². The highest BCUT2D eigenvalue weighted by Gasteiger charge is 2.01. The molecule has 1 aromatic carbocycles. The van der Waals surface area contributed by atoms with Crippen LogP contribution in [0.3, 0.4) is 0 Å². The minimum atomic E-state index is 0.700. The number of nitrogens with zero attached hydrogens (tertiary/aromatic N) is 2. The van der Waals surface area contributed by atoms with Gasteiger partial charge < -0.3 is 10.6 Å². The lowest BCUT2D eigenvalue weighted by atomic mass is 10.2. The standard InChI is InChI=1S/C13H15N3/c1-16(13-5-3-2-4-6-13)10-12-8-7-11(14)9-15-12/h2-9H,10,14H2,1H3. The number of anilines is 2. The average Bonchev–Trinajstić information content (AvgIpc) is 2.33. The number of nitrogen functional groups attached to an aromatic ring is 1. The second kappa shape index (κ2) is 4.66. The van der Waals surface area contributed by atoms with Gasteiger partial charge in [-0.25, -0.2) is 0 Å². The molecule has 0 aliphatic rings. The third kappa shape index (κ3) is 2.51. The fraction of sp³-hybridized carbons (Fsp3) is 0.154. The van der Waals surface area contributed by atoms with Gasteiger partial charge in [0.1, 0.15) is 0 Å². The molecule has 1 heterocycles. The van der Waals surface area contributed by atoms with Gasteiger partial charge in [-0.1, -0.05) is 18.2 Å². The first kappa shape index (κ1) is 10.5. The van der Waals surface area contributed by atoms with Crippen LogP contribution in [0, 0.1) is 0 Å². The van der Waals surface area contributed by atoms with Gasteiger partial charge in [-0.2, -0.15) is 0 Å². The van der Waals surface area contributed by atoms with Gasteiger partial charge in [0.15, 0.2) is 0 Å². The Bertz CT molecular complexity index is 436. The van der Waals surface area contributed by atoms with Crippen LogP contribution in [-0.4, -0.2) is 12.0 Å². The Hall–Kier alpha value is -2.03. The van der Waals surface area contributed by atoms with E-state index in [4.69, 9.17) is 5.73 Å². The lowest BCUT2D eigenvalue weighted by Crippen LogP contribution is -2.16. The second-order valence-electron chi connectivity index (χ2n) is 3.77. The topological polar surface area (TPSA) is 42.1 Å². The molecule has 0 radical (unpaired) electrons. The van der Waals surface area contributed by atoms with Crippen molar-refractivity contribution in [1.29, 1.82) is 0 Å². The highest BCUT2D eigenvalue weighted by Crippen LogP contribution is 2.13. The van der Waals surface area contributed by atoms with Gasteiger partial charge in [-0.05, 0) is 24.3 Å². The maximum atomic E-state index is 5.59. The van der Waals surface area contributed by atoms with Crippen LogP contribution in [0.25, 0.3) is 0 Å². The third-order valence-corrected chi connectivity index (χ3v) is 2.44. The van der Waals surface area contributed by atoms with Crippen molar-refractivity contribution in [2.24, 2.45) is 0 Å². The smallest absolute Gasteiger partial charge is 0.0598 e. The summed E-state index contributed by atoms with van der Waals surface area (Å²) < 4.78 is 0. The molecule has 0 aliphatic heterocycles. The average molecular weight is 213 g/mol. The summed E-state index contributed by atoms with van der Waals surface area (Å²) in [6, 6.07) is 14.1. The van der Waals surface area contributed by atoms with E-state index in [0.29, 0.717) is 5.69 Å². The van der Waals surface area contributed by atoms with Crippen LogP contribution < -0.4 is 10.6 Å². The predicted octanol–water partition coefficient (Wildman–Crippen LogP) is 2.30. The Morgan fingerprint density at radius 1 is 1.12 bits per heavy atom. The SMILES string of the molecule is CN(Cc1ccc(N)cn1)c1ccccc1. The lowest BCUT2D eigenvalue weighted by Gasteiger charge is -2.18. The van der Waals surface area contributed by atoms with Gasteiger partial charge in [0.25, 0.3) is 0 Å². The molecule has 82 valence electrons. The maximum absolute atomic E-state index is 5.59. The van der Waals surface area contributed by atoms with Crippen LogP contribution in [0.4, 0.5) is 11.4 Å². The normalized spacial score (nSPS) is 10.1. The molecule has 1 aromatic heterocycles. The van der Waals surface area contributed by atoms with Crippen LogP contribution in [0.15, 0.2) is 48.7 Å². The lowest BCUT2D eigenvalue weighted by molar-refractivity contribution is 0.886. The summed E-state index contributed by atoms with van der Waals surface area (Å²) in [5.74, 6) is 0. The van der Waals surface area contributed by atoms with Crippen molar-refractivity contribution in [1.82, 2.24) is 4.98 Å². The first-order valence-electron chi connectivity index (χ1n) is 5.22. The largest absolute Gasteiger partial charge is 0.397 e. The molecule has 0 aliphatic carbocycles. The Labute approximate surface area is 95.5 Å². The second-order valence-corrected chi connectivity index (χ2v) is 3.77. The Morgan fingerprint density at radius 3 is 2.50 bits per heavy atom. The van der Waals surface area contributed by atoms with Crippen molar-refractivity contribution in [2.45, 2.75) is 6.54 Å². The quantitative estimate of drug-likeness (QED) is 0.850. The van der Waals surface area contributed by atoms with Crippen molar-refractivity contribution in [2.75, 3.05) is 17.7 Å². The molecular formula is C13H15N3. The van der Waals surface area contributed by atoms with Gasteiger partial charge in [0.2, 0.25) is 0 Å². The van der Waals surface area contributed by atoms with Gasteiger partial charge in [0.05, 0.1) is 24.1 Å². The Kier molecular flexibility index (Phi) is 3.05. The summed E-state index contributed by atoms with van der Waals surface area (Å²) in [6.45, 7) is 0.782. The van der Waals surface area contributed by atoms with Crippen molar-refractivity contribution in [3.8, 4) is 0 Å². The molecule has 0 atom stereocenters. The van der Waals surface area contributed by atoms with Crippen LogP contribution in [0.1, 0.15) is 5.69 Å². The minimum absolute atomic E-state index is 0.700. The van der Waals surface area contributed by atoms with E-state index in [2.05, 4.69) is 22.0 Å². The molecular weight excluding hydrogens is 198 g/mol. The zero-order valence-electron chi connectivity index (χ0n) is 9.30. The van der Waals surface area contributed by atoms with E-state index in [1.807, 2.05) is 37.4 Å². The van der Waals surface area contributed by atoms with Crippen LogP contribution in [0.5, 0.6) is 0 Å². The summed E-state index contributed by atoms with van der Waals surface area (Å²) in [4.78, 5) is 6.43. The molecule has 0 unspecified atom stereocenters. The molecule has 3 nitrogen and oxygen atoms in total. The number of para-hydroxylation sites is 1. The number of hydrogen-bond acceptors (Lipinski definition) is 3. The molecule has 0 spiro atoms. The summed E-state index contributed by atoms with van der Waals surface area (Å²) in [5, 5.41) is 0. The van der Waals surface area contributed by atoms with E-state index < -0.39 is 0 Å². The van der Waals surface area contributed by atoms with Crippen molar-refractivity contribution >= 4 is 11.4 Å². The number of hydrogen-bond donors (Lipinski definition) is 1. The highest BCUT2D eigenvalue weighted by molar-refractivity contribution is 5.45. The monoisotopic (exact) mass is 213 g/mol. The molecule has 0 fully saturated rings. The first-order valence-corrected chi connectivity index (χ1v) is 5.22. The fourth-order valence-electron chi connectivity index (χ4n) is 1.55. The number of nitrogens with two attached hydrogens (primary N) is 1. The zero-order valence-corrected chi connectivity index (χ0v) is 9.30. The van der Waals surface area contributed by atoms with Crippen LogP contribution in [-0.2, 0) is 6.54 Å². The van der Waals surface area contributed by atoms with Crippen LogP contribution >= 0.6 is 0 Å². The summed E-state index contributed by atoms with van der Waals surface area (Å²) in [6.07, 6.45) is 1.69. The van der Waals surface area contributed by atoms with Gasteiger partial charge >= 0.3 is 0 Å². The van der Waals surface area contributed by atoms with Gasteiger partial charge in [-0.3, -0.25) is 4.98 Å². The van der Waals surface area contributed by atoms with E-state index in [1.54, 1.807) is 6.20 Å². The summed E-state index contributed by atoms with van der Waals surface area (Å²) in [5.41, 5.74) is 8.49. The number of benzene rings is 1. The number of rotatable bonds is 3. The molecule has 0 saturated heterocycles. The van der Waals surface area contributed by atoms with Crippen molar-refractivity contribution in [3.05, 3.63) is 54.4 Å².